The van der Waals surface area contributed by atoms with Crippen molar-refractivity contribution in [3.05, 3.63) is 17.7 Å². The Morgan fingerprint density at radius 1 is 1.10 bits per heavy atom. The molecule has 1 aliphatic rings. The van der Waals surface area contributed by atoms with Gasteiger partial charge in [0.05, 0.1) is 6.42 Å². The summed E-state index contributed by atoms with van der Waals surface area (Å²) >= 11 is 0. The molecule has 1 unspecified atom stereocenters. The summed E-state index contributed by atoms with van der Waals surface area (Å²) in [5, 5.41) is 0. The SMILES string of the molecule is CC(C)(OC(=O)NNC1CCCCCCCCCC=CC(=[N+]=[N-])CC1)C(F)(F)F. The summed E-state index contributed by atoms with van der Waals surface area (Å²) < 4.78 is 43.0. The van der Waals surface area contributed by atoms with Gasteiger partial charge in [0.15, 0.2) is 0 Å². The number of hydrogen-bond acceptors (Lipinski definition) is 3. The zero-order valence-electron chi connectivity index (χ0n) is 17.4. The fourth-order valence-electron chi connectivity index (χ4n) is 3.01. The summed E-state index contributed by atoms with van der Waals surface area (Å²) in [4.78, 5) is 15.1. The summed E-state index contributed by atoms with van der Waals surface area (Å²) in [6.07, 6.45) is 8.47. The maximum Gasteiger partial charge on any atom is 0.427 e. The van der Waals surface area contributed by atoms with E-state index in [1.54, 1.807) is 6.08 Å². The molecule has 1 amide bonds. The quantitative estimate of drug-likeness (QED) is 0.362. The maximum absolute atomic E-state index is 12.8. The zero-order chi connectivity index (χ0) is 21.8. The molecular weight excluding hydrogens is 385 g/mol. The molecule has 29 heavy (non-hydrogen) atoms. The Labute approximate surface area is 170 Å². The lowest BCUT2D eigenvalue weighted by molar-refractivity contribution is -0.244. The van der Waals surface area contributed by atoms with Crippen LogP contribution in [0.15, 0.2) is 12.2 Å². The van der Waals surface area contributed by atoms with E-state index in [2.05, 4.69) is 20.4 Å². The van der Waals surface area contributed by atoms with E-state index in [0.29, 0.717) is 18.6 Å². The molecule has 6 nitrogen and oxygen atoms in total. The molecule has 0 fully saturated rings. The third-order valence-corrected chi connectivity index (χ3v) is 5.02. The molecule has 0 heterocycles. The molecule has 0 spiro atoms. The van der Waals surface area contributed by atoms with Crippen LogP contribution in [0.25, 0.3) is 5.53 Å². The minimum Gasteiger partial charge on any atom is -0.433 e. The first-order chi connectivity index (χ1) is 13.7. The van der Waals surface area contributed by atoms with Crippen LogP contribution in [0.4, 0.5) is 18.0 Å². The number of halogens is 3. The number of allylic oxidation sites excluding steroid dienone is 2. The Hall–Kier alpha value is -1.86. The van der Waals surface area contributed by atoms with Gasteiger partial charge in [0, 0.05) is 12.1 Å². The number of amides is 1. The molecule has 0 saturated carbocycles. The Bertz CT molecular complexity index is 585. The van der Waals surface area contributed by atoms with Crippen LogP contribution in [0.1, 0.15) is 84.5 Å². The lowest BCUT2D eigenvalue weighted by Gasteiger charge is -2.28. The monoisotopic (exact) mass is 418 g/mol. The largest absolute Gasteiger partial charge is 0.433 e. The minimum absolute atomic E-state index is 0.174. The molecule has 1 aliphatic carbocycles. The molecular formula is C20H33F3N4O2. The van der Waals surface area contributed by atoms with Crippen molar-refractivity contribution < 1.29 is 27.5 Å². The van der Waals surface area contributed by atoms with E-state index in [9.17, 15) is 18.0 Å². The summed E-state index contributed by atoms with van der Waals surface area (Å²) in [6, 6.07) is -0.174. The van der Waals surface area contributed by atoms with E-state index >= 15 is 0 Å². The second-order valence-corrected chi connectivity index (χ2v) is 7.95. The van der Waals surface area contributed by atoms with Crippen LogP contribution in [-0.4, -0.2) is 34.4 Å². The summed E-state index contributed by atoms with van der Waals surface area (Å²) in [5.41, 5.74) is 12.1. The Kier molecular flexibility index (Phi) is 11.0. The predicted molar refractivity (Wildman–Crippen MR) is 105 cm³/mol. The van der Waals surface area contributed by atoms with Crippen LogP contribution in [-0.2, 0) is 4.74 Å². The van der Waals surface area contributed by atoms with Gasteiger partial charge in [0.1, 0.15) is 0 Å². The number of hydrazine groups is 1. The van der Waals surface area contributed by atoms with E-state index in [1.165, 1.54) is 19.3 Å². The molecule has 2 N–H and O–H groups in total. The van der Waals surface area contributed by atoms with Gasteiger partial charge in [-0.15, -0.1) is 0 Å². The molecule has 0 saturated heterocycles. The van der Waals surface area contributed by atoms with E-state index in [4.69, 9.17) is 5.53 Å². The second kappa shape index (κ2) is 12.6. The van der Waals surface area contributed by atoms with Crippen LogP contribution < -0.4 is 10.9 Å². The third kappa shape index (κ3) is 10.5. The van der Waals surface area contributed by atoms with Crippen LogP contribution >= 0.6 is 0 Å². The van der Waals surface area contributed by atoms with Crippen molar-refractivity contribution in [3.63, 3.8) is 0 Å². The molecule has 1 rings (SSSR count). The highest BCUT2D eigenvalue weighted by atomic mass is 19.4. The normalized spacial score (nSPS) is 20.9. The van der Waals surface area contributed by atoms with Gasteiger partial charge in [-0.2, -0.15) is 18.0 Å². The summed E-state index contributed by atoms with van der Waals surface area (Å²) in [6.45, 7) is 1.60. The van der Waals surface area contributed by atoms with Crippen LogP contribution in [0.5, 0.6) is 0 Å². The van der Waals surface area contributed by atoms with E-state index in [-0.39, 0.29) is 6.04 Å². The average Bonchev–Trinajstić information content (AvgIpc) is 2.64. The number of carbonyl (C=O) groups excluding carboxylic acids is 1. The van der Waals surface area contributed by atoms with Crippen LogP contribution in [0, 0.1) is 0 Å². The molecule has 0 aromatic carbocycles. The van der Waals surface area contributed by atoms with Crippen molar-refractivity contribution in [2.45, 2.75) is 102 Å². The Balaban J connectivity index is 2.63. The van der Waals surface area contributed by atoms with Crippen molar-refractivity contribution in [2.24, 2.45) is 0 Å². The highest BCUT2D eigenvalue weighted by molar-refractivity contribution is 5.90. The smallest absolute Gasteiger partial charge is 0.427 e. The Morgan fingerprint density at radius 3 is 2.34 bits per heavy atom. The highest BCUT2D eigenvalue weighted by Crippen LogP contribution is 2.32. The lowest BCUT2D eigenvalue weighted by Crippen LogP contribution is -2.50. The first kappa shape index (κ1) is 25.2. The third-order valence-electron chi connectivity index (χ3n) is 5.02. The number of carbonyl (C=O) groups is 1. The molecule has 166 valence electrons. The van der Waals surface area contributed by atoms with Gasteiger partial charge in [-0.25, -0.2) is 10.2 Å². The average molecular weight is 419 g/mol. The first-order valence-electron chi connectivity index (χ1n) is 10.3. The molecule has 0 aromatic rings. The maximum atomic E-state index is 12.8. The van der Waals surface area contributed by atoms with Crippen molar-refractivity contribution >= 4 is 11.8 Å². The number of ether oxygens (including phenoxy) is 1. The van der Waals surface area contributed by atoms with E-state index in [0.717, 1.165) is 52.4 Å². The molecule has 0 aromatic heterocycles. The highest BCUT2D eigenvalue weighted by Gasteiger charge is 2.51. The second-order valence-electron chi connectivity index (χ2n) is 7.95. The fraction of sp³-hybridized carbons (Fsp3) is 0.800. The van der Waals surface area contributed by atoms with Crippen molar-refractivity contribution in [3.8, 4) is 0 Å². The number of nitrogens with zero attached hydrogens (tertiary/aromatic N) is 2. The summed E-state index contributed by atoms with van der Waals surface area (Å²) in [7, 11) is 0. The van der Waals surface area contributed by atoms with Crippen molar-refractivity contribution in [1.29, 1.82) is 0 Å². The topological polar surface area (TPSA) is 86.8 Å². The predicted octanol–water partition coefficient (Wildman–Crippen LogP) is 5.46. The lowest BCUT2D eigenvalue weighted by atomic mass is 10.0. The number of rotatable bonds is 3. The molecule has 0 bridgehead atoms. The van der Waals surface area contributed by atoms with Gasteiger partial charge in [-0.3, -0.25) is 5.43 Å². The van der Waals surface area contributed by atoms with Gasteiger partial charge >= 0.3 is 12.3 Å². The van der Waals surface area contributed by atoms with Gasteiger partial charge in [-0.05, 0) is 39.5 Å². The van der Waals surface area contributed by atoms with Gasteiger partial charge in [0.2, 0.25) is 5.60 Å². The number of hydrogen-bond donors (Lipinski definition) is 2. The summed E-state index contributed by atoms with van der Waals surface area (Å²) in [5.74, 6) is 0. The van der Waals surface area contributed by atoms with Crippen molar-refractivity contribution in [2.75, 3.05) is 0 Å². The minimum atomic E-state index is -4.66. The van der Waals surface area contributed by atoms with Crippen LogP contribution in [0.3, 0.4) is 0 Å². The number of nitrogens with one attached hydrogen (secondary N) is 2. The van der Waals surface area contributed by atoms with Gasteiger partial charge < -0.3 is 10.3 Å². The first-order valence-corrected chi connectivity index (χ1v) is 10.3. The zero-order valence-corrected chi connectivity index (χ0v) is 17.4. The molecule has 1 atom stereocenters. The Morgan fingerprint density at radius 2 is 1.72 bits per heavy atom. The number of alkyl halides is 3. The van der Waals surface area contributed by atoms with Crippen molar-refractivity contribution in [1.82, 2.24) is 10.9 Å². The fourth-order valence-corrected chi connectivity index (χ4v) is 3.01. The van der Waals surface area contributed by atoms with E-state index < -0.39 is 17.9 Å². The molecule has 0 aliphatic heterocycles. The molecule has 9 heteroatoms. The van der Waals surface area contributed by atoms with Gasteiger partial charge in [0.25, 0.3) is 5.71 Å². The van der Waals surface area contributed by atoms with Gasteiger partial charge in [-0.1, -0.05) is 44.6 Å². The standard InChI is InChI=1S/C20H33F3N4O2/c1-19(2,20(21,22)23)29-18(28)27-26-17-13-11-9-7-5-3-4-6-8-10-12-16(25-24)14-15-17/h10,12,17,26H,3-9,11,13-15H2,1-2H3,(H,27,28). The molecule has 0 radical (unpaired) electrons. The van der Waals surface area contributed by atoms with E-state index in [1.807, 2.05) is 6.08 Å². The van der Waals surface area contributed by atoms with Crippen LogP contribution in [0.2, 0.25) is 0 Å².